The third kappa shape index (κ3) is 8.01. The van der Waals surface area contributed by atoms with E-state index in [4.69, 9.17) is 9.47 Å². The lowest BCUT2D eigenvalue weighted by atomic mass is 10.1. The number of hydrogen-bond acceptors (Lipinski definition) is 7. The Hall–Kier alpha value is -2.94. The predicted octanol–water partition coefficient (Wildman–Crippen LogP) is 3.79. The lowest BCUT2D eigenvalue weighted by Gasteiger charge is -2.19. The highest BCUT2D eigenvalue weighted by molar-refractivity contribution is 7.93. The molecule has 0 radical (unpaired) electrons. The first-order chi connectivity index (χ1) is 14.5. The van der Waals surface area contributed by atoms with Gasteiger partial charge in [0.1, 0.15) is 12.1 Å². The minimum atomic E-state index is -2.70. The summed E-state index contributed by atoms with van der Waals surface area (Å²) in [5.41, 5.74) is 1.91. The molecule has 0 fully saturated rings. The third-order valence-electron chi connectivity index (χ3n) is 4.01. The first kappa shape index (κ1) is 24.3. The van der Waals surface area contributed by atoms with Crippen molar-refractivity contribution >= 4 is 21.8 Å². The average Bonchev–Trinajstić information content (AvgIpc) is 2.70. The molecule has 9 heteroatoms. The number of nitrogens with zero attached hydrogens (tertiary/aromatic N) is 2. The van der Waals surface area contributed by atoms with Gasteiger partial charge < -0.3 is 14.8 Å². The quantitative estimate of drug-likeness (QED) is 0.647. The summed E-state index contributed by atoms with van der Waals surface area (Å²) in [5.74, 6) is -0.499. The van der Waals surface area contributed by atoms with E-state index < -0.39 is 27.4 Å². The zero-order valence-corrected chi connectivity index (χ0v) is 19.3. The largest absolute Gasteiger partial charge is 0.465 e. The Morgan fingerprint density at radius 3 is 2.29 bits per heavy atom. The molecule has 1 N–H and O–H groups in total. The standard InChI is InChI=1S/C22H29N3O5S/c1-6-29-20(26)15-25-31(5,28)19-11-8-16(9-12-19)17-7-10-18(23-13-17)14-24-21(27)30-22(2,3)4/h7-13H,6,14-15H2,1-5H3,(H,24,27). The van der Waals surface area contributed by atoms with Gasteiger partial charge in [0, 0.05) is 22.9 Å². The minimum absolute atomic E-state index is 0.242. The van der Waals surface area contributed by atoms with Crippen LogP contribution in [0, 0.1) is 0 Å². The number of rotatable bonds is 7. The summed E-state index contributed by atoms with van der Waals surface area (Å²) in [4.78, 5) is 28.1. The number of nitrogens with one attached hydrogen (secondary N) is 1. The number of benzene rings is 1. The second kappa shape index (κ2) is 10.4. The van der Waals surface area contributed by atoms with Gasteiger partial charge in [0.25, 0.3) is 0 Å². The molecule has 0 saturated heterocycles. The van der Waals surface area contributed by atoms with Crippen molar-refractivity contribution in [2.75, 3.05) is 19.4 Å². The van der Waals surface area contributed by atoms with E-state index in [9.17, 15) is 13.8 Å². The van der Waals surface area contributed by atoms with Crippen molar-refractivity contribution in [2.24, 2.45) is 4.36 Å². The van der Waals surface area contributed by atoms with Crippen molar-refractivity contribution in [3.8, 4) is 11.1 Å². The van der Waals surface area contributed by atoms with E-state index in [1.54, 1.807) is 46.0 Å². The normalized spacial score (nSPS) is 13.1. The summed E-state index contributed by atoms with van der Waals surface area (Å²) in [6.45, 7) is 7.39. The zero-order valence-electron chi connectivity index (χ0n) is 18.5. The molecule has 8 nitrogen and oxygen atoms in total. The van der Waals surface area contributed by atoms with Gasteiger partial charge in [-0.3, -0.25) is 9.78 Å². The molecule has 1 unspecified atom stereocenters. The smallest absolute Gasteiger partial charge is 0.407 e. The molecular formula is C22H29N3O5S. The Morgan fingerprint density at radius 2 is 1.74 bits per heavy atom. The van der Waals surface area contributed by atoms with Gasteiger partial charge in [-0.25, -0.2) is 13.4 Å². The van der Waals surface area contributed by atoms with Gasteiger partial charge in [0.05, 0.1) is 28.6 Å². The van der Waals surface area contributed by atoms with Gasteiger partial charge in [0.2, 0.25) is 0 Å². The van der Waals surface area contributed by atoms with E-state index in [0.717, 1.165) is 11.1 Å². The Morgan fingerprint density at radius 1 is 1.10 bits per heavy atom. The molecule has 2 aromatic rings. The van der Waals surface area contributed by atoms with Crippen LogP contribution in [0.4, 0.5) is 4.79 Å². The molecule has 2 rings (SSSR count). The molecule has 1 amide bonds. The molecule has 31 heavy (non-hydrogen) atoms. The van der Waals surface area contributed by atoms with E-state index >= 15 is 0 Å². The maximum absolute atomic E-state index is 12.8. The zero-order chi connectivity index (χ0) is 23.1. The lowest BCUT2D eigenvalue weighted by Crippen LogP contribution is -2.32. The summed E-state index contributed by atoms with van der Waals surface area (Å²) in [6.07, 6.45) is 2.70. The number of alkyl carbamates (subject to hydrolysis) is 1. The van der Waals surface area contributed by atoms with Crippen molar-refractivity contribution in [3.63, 3.8) is 0 Å². The molecular weight excluding hydrogens is 418 g/mol. The fraction of sp³-hybridized carbons (Fsp3) is 0.409. The molecule has 0 saturated carbocycles. The van der Waals surface area contributed by atoms with Crippen molar-refractivity contribution in [1.29, 1.82) is 0 Å². The Balaban J connectivity index is 2.03. The van der Waals surface area contributed by atoms with Crippen LogP contribution in [-0.2, 0) is 30.5 Å². The van der Waals surface area contributed by atoms with Crippen molar-refractivity contribution in [3.05, 3.63) is 48.3 Å². The van der Waals surface area contributed by atoms with Crippen LogP contribution in [0.2, 0.25) is 0 Å². The molecule has 0 bridgehead atoms. The van der Waals surface area contributed by atoms with Gasteiger partial charge in [0.15, 0.2) is 0 Å². The van der Waals surface area contributed by atoms with Crippen LogP contribution >= 0.6 is 0 Å². The van der Waals surface area contributed by atoms with Crippen LogP contribution in [0.25, 0.3) is 11.1 Å². The number of pyridine rings is 1. The van der Waals surface area contributed by atoms with E-state index in [1.165, 1.54) is 6.26 Å². The number of hydrogen-bond donors (Lipinski definition) is 1. The fourth-order valence-corrected chi connectivity index (χ4v) is 3.68. The maximum atomic E-state index is 12.8. The molecule has 0 spiro atoms. The molecule has 0 aliphatic heterocycles. The second-order valence-corrected chi connectivity index (χ2v) is 10.1. The van der Waals surface area contributed by atoms with Crippen LogP contribution < -0.4 is 5.32 Å². The van der Waals surface area contributed by atoms with Crippen molar-refractivity contribution < 1.29 is 23.3 Å². The van der Waals surface area contributed by atoms with Crippen LogP contribution in [0.3, 0.4) is 0 Å². The number of aromatic nitrogens is 1. The molecule has 1 aromatic heterocycles. The van der Waals surface area contributed by atoms with E-state index in [1.807, 2.05) is 24.3 Å². The SMILES string of the molecule is CCOC(=O)CN=S(C)(=O)c1ccc(-c2ccc(CNC(=O)OC(C)(C)C)nc2)cc1. The van der Waals surface area contributed by atoms with Gasteiger partial charge in [-0.05, 0) is 51.5 Å². The maximum Gasteiger partial charge on any atom is 0.407 e. The number of carbonyl (C=O) groups is 2. The van der Waals surface area contributed by atoms with Crippen LogP contribution in [-0.4, -0.2) is 46.3 Å². The Kier molecular flexibility index (Phi) is 8.15. The van der Waals surface area contributed by atoms with Crippen molar-refractivity contribution in [2.45, 2.75) is 44.7 Å². The molecule has 0 aliphatic rings. The number of esters is 1. The third-order valence-corrected chi connectivity index (χ3v) is 5.78. The Labute approximate surface area is 183 Å². The molecule has 1 aromatic carbocycles. The van der Waals surface area contributed by atoms with E-state index in [-0.39, 0.29) is 19.7 Å². The summed E-state index contributed by atoms with van der Waals surface area (Å²) >= 11 is 0. The van der Waals surface area contributed by atoms with Gasteiger partial charge >= 0.3 is 12.1 Å². The first-order valence-electron chi connectivity index (χ1n) is 9.86. The highest BCUT2D eigenvalue weighted by atomic mass is 32.2. The number of carbonyl (C=O) groups excluding carboxylic acids is 2. The summed E-state index contributed by atoms with van der Waals surface area (Å²) < 4.78 is 26.8. The average molecular weight is 448 g/mol. The molecule has 0 aliphatic carbocycles. The summed E-state index contributed by atoms with van der Waals surface area (Å²) in [5, 5.41) is 2.67. The van der Waals surface area contributed by atoms with Gasteiger partial charge in [-0.15, -0.1) is 0 Å². The van der Waals surface area contributed by atoms with Gasteiger partial charge in [-0.2, -0.15) is 0 Å². The van der Waals surface area contributed by atoms with E-state index in [0.29, 0.717) is 10.6 Å². The number of ether oxygens (including phenoxy) is 2. The highest BCUT2D eigenvalue weighted by Crippen LogP contribution is 2.21. The second-order valence-electron chi connectivity index (χ2n) is 7.81. The van der Waals surface area contributed by atoms with Crippen LogP contribution in [0.1, 0.15) is 33.4 Å². The molecule has 1 atom stereocenters. The van der Waals surface area contributed by atoms with Crippen molar-refractivity contribution in [1.82, 2.24) is 10.3 Å². The lowest BCUT2D eigenvalue weighted by molar-refractivity contribution is -0.141. The van der Waals surface area contributed by atoms with Crippen LogP contribution in [0.5, 0.6) is 0 Å². The fourth-order valence-electron chi connectivity index (χ4n) is 2.53. The number of amides is 1. The summed E-state index contributed by atoms with van der Waals surface area (Å²) in [7, 11) is -2.70. The topological polar surface area (TPSA) is 107 Å². The summed E-state index contributed by atoms with van der Waals surface area (Å²) in [6, 6.07) is 10.8. The molecule has 1 heterocycles. The Bertz CT molecular complexity index is 1020. The monoisotopic (exact) mass is 447 g/mol. The van der Waals surface area contributed by atoms with Gasteiger partial charge in [-0.1, -0.05) is 18.2 Å². The predicted molar refractivity (Wildman–Crippen MR) is 119 cm³/mol. The minimum Gasteiger partial charge on any atom is -0.465 e. The first-order valence-corrected chi connectivity index (χ1v) is 11.8. The van der Waals surface area contributed by atoms with Crippen LogP contribution in [0.15, 0.2) is 51.9 Å². The molecule has 168 valence electrons. The highest BCUT2D eigenvalue weighted by Gasteiger charge is 2.16. The van der Waals surface area contributed by atoms with E-state index in [2.05, 4.69) is 14.7 Å².